The summed E-state index contributed by atoms with van der Waals surface area (Å²) in [5.74, 6) is 0. The number of hydrogen-bond acceptors (Lipinski definition) is 1. The molecule has 0 unspecified atom stereocenters. The summed E-state index contributed by atoms with van der Waals surface area (Å²) in [5.41, 5.74) is 2.81. The van der Waals surface area contributed by atoms with Crippen LogP contribution in [0.1, 0.15) is 0 Å². The molecule has 0 aliphatic carbocycles. The fourth-order valence-corrected chi connectivity index (χ4v) is 2.44. The maximum Gasteiger partial charge on any atom is 0.0732 e. The summed E-state index contributed by atoms with van der Waals surface area (Å²) in [5, 5.41) is 2.30. The molecular weight excluding hydrogens is 265 g/mol. The van der Waals surface area contributed by atoms with Crippen molar-refractivity contribution in [2.75, 3.05) is 0 Å². The van der Waals surface area contributed by atoms with Gasteiger partial charge in [0, 0.05) is 22.2 Å². The van der Waals surface area contributed by atoms with E-state index < -0.39 is 0 Å². The summed E-state index contributed by atoms with van der Waals surface area (Å²) >= 11 is 12.4. The molecular formula is C15H9Cl2N. The number of benzene rings is 2. The van der Waals surface area contributed by atoms with Crippen LogP contribution in [0.4, 0.5) is 0 Å². The van der Waals surface area contributed by atoms with E-state index in [4.69, 9.17) is 23.2 Å². The number of hydrogen-bond donors (Lipinski definition) is 0. The van der Waals surface area contributed by atoms with Crippen molar-refractivity contribution < 1.29 is 0 Å². The maximum atomic E-state index is 6.45. The SMILES string of the molecule is Clc1ccc2c(Cl)c(-c3ccccc3)cnc2c1. The van der Waals surface area contributed by atoms with Gasteiger partial charge in [0.1, 0.15) is 0 Å². The van der Waals surface area contributed by atoms with Crippen molar-refractivity contribution in [2.45, 2.75) is 0 Å². The van der Waals surface area contributed by atoms with Crippen LogP contribution in [0.5, 0.6) is 0 Å². The van der Waals surface area contributed by atoms with Gasteiger partial charge in [0.2, 0.25) is 0 Å². The Bertz CT molecular complexity index is 708. The lowest BCUT2D eigenvalue weighted by molar-refractivity contribution is 1.41. The predicted octanol–water partition coefficient (Wildman–Crippen LogP) is 5.21. The second-order valence-corrected chi connectivity index (χ2v) is 4.83. The minimum atomic E-state index is 0.665. The lowest BCUT2D eigenvalue weighted by Crippen LogP contribution is -1.85. The highest BCUT2D eigenvalue weighted by molar-refractivity contribution is 6.38. The van der Waals surface area contributed by atoms with Gasteiger partial charge in [-0.3, -0.25) is 4.98 Å². The van der Waals surface area contributed by atoms with Gasteiger partial charge in [0.05, 0.1) is 10.5 Å². The minimum Gasteiger partial charge on any atom is -0.255 e. The molecule has 0 saturated heterocycles. The Morgan fingerprint density at radius 3 is 2.44 bits per heavy atom. The van der Waals surface area contributed by atoms with Crippen LogP contribution in [0, 0.1) is 0 Å². The standard InChI is InChI=1S/C15H9Cl2N/c16-11-6-7-12-14(8-11)18-9-13(15(12)17)10-4-2-1-3-5-10/h1-9H. The monoisotopic (exact) mass is 273 g/mol. The van der Waals surface area contributed by atoms with Crippen LogP contribution in [0.15, 0.2) is 54.7 Å². The summed E-state index contributed by atoms with van der Waals surface area (Å²) in [6.07, 6.45) is 1.79. The molecule has 0 atom stereocenters. The predicted molar refractivity (Wildman–Crippen MR) is 77.2 cm³/mol. The number of rotatable bonds is 1. The molecule has 3 rings (SSSR count). The number of pyridine rings is 1. The summed E-state index contributed by atoms with van der Waals surface area (Å²) in [7, 11) is 0. The zero-order valence-corrected chi connectivity index (χ0v) is 10.9. The second-order valence-electron chi connectivity index (χ2n) is 4.01. The highest BCUT2D eigenvalue weighted by Crippen LogP contribution is 2.33. The average molecular weight is 274 g/mol. The van der Waals surface area contributed by atoms with Gasteiger partial charge in [0.15, 0.2) is 0 Å². The van der Waals surface area contributed by atoms with E-state index in [0.717, 1.165) is 22.0 Å². The summed E-state index contributed by atoms with van der Waals surface area (Å²) in [4.78, 5) is 4.41. The Morgan fingerprint density at radius 2 is 1.67 bits per heavy atom. The molecule has 3 heteroatoms. The summed E-state index contributed by atoms with van der Waals surface area (Å²) in [6, 6.07) is 15.5. The molecule has 3 aromatic rings. The van der Waals surface area contributed by atoms with Crippen molar-refractivity contribution in [3.8, 4) is 11.1 Å². The van der Waals surface area contributed by atoms with Crippen LogP contribution in [0.2, 0.25) is 10.0 Å². The molecule has 1 aromatic heterocycles. The summed E-state index contributed by atoms with van der Waals surface area (Å²) < 4.78 is 0. The molecule has 1 nitrogen and oxygen atoms in total. The van der Waals surface area contributed by atoms with Crippen molar-refractivity contribution in [1.82, 2.24) is 4.98 Å². The molecule has 88 valence electrons. The van der Waals surface area contributed by atoms with Crippen LogP contribution in [-0.4, -0.2) is 4.98 Å². The number of aromatic nitrogens is 1. The van der Waals surface area contributed by atoms with Crippen molar-refractivity contribution in [1.29, 1.82) is 0 Å². The van der Waals surface area contributed by atoms with E-state index in [1.807, 2.05) is 48.5 Å². The van der Waals surface area contributed by atoms with E-state index >= 15 is 0 Å². The van der Waals surface area contributed by atoms with Crippen LogP contribution in [0.25, 0.3) is 22.0 Å². The fraction of sp³-hybridized carbons (Fsp3) is 0. The zero-order chi connectivity index (χ0) is 12.5. The molecule has 0 aliphatic heterocycles. The lowest BCUT2D eigenvalue weighted by atomic mass is 10.1. The van der Waals surface area contributed by atoms with Gasteiger partial charge < -0.3 is 0 Å². The van der Waals surface area contributed by atoms with E-state index in [-0.39, 0.29) is 0 Å². The molecule has 0 radical (unpaired) electrons. The van der Waals surface area contributed by atoms with Crippen LogP contribution < -0.4 is 0 Å². The average Bonchev–Trinajstić information content (AvgIpc) is 2.40. The molecule has 0 spiro atoms. The second kappa shape index (κ2) is 4.60. The summed E-state index contributed by atoms with van der Waals surface area (Å²) in [6.45, 7) is 0. The molecule has 0 fully saturated rings. The van der Waals surface area contributed by atoms with Gasteiger partial charge in [-0.25, -0.2) is 0 Å². The first-order valence-electron chi connectivity index (χ1n) is 5.55. The highest BCUT2D eigenvalue weighted by Gasteiger charge is 2.08. The van der Waals surface area contributed by atoms with Gasteiger partial charge in [-0.1, -0.05) is 53.5 Å². The largest absolute Gasteiger partial charge is 0.255 e. The topological polar surface area (TPSA) is 12.9 Å². The number of fused-ring (bicyclic) bond motifs is 1. The molecule has 0 saturated carbocycles. The Kier molecular flexibility index (Phi) is 2.94. The van der Waals surface area contributed by atoms with E-state index in [1.54, 1.807) is 6.20 Å². The third-order valence-corrected chi connectivity index (χ3v) is 3.49. The fourth-order valence-electron chi connectivity index (χ4n) is 1.95. The third kappa shape index (κ3) is 1.96. The minimum absolute atomic E-state index is 0.665. The molecule has 1 heterocycles. The van der Waals surface area contributed by atoms with Crippen molar-refractivity contribution in [3.05, 3.63) is 64.8 Å². The smallest absolute Gasteiger partial charge is 0.0732 e. The molecule has 0 aliphatic rings. The third-order valence-electron chi connectivity index (χ3n) is 2.85. The molecule has 0 N–H and O–H groups in total. The Balaban J connectivity index is 2.27. The first-order valence-corrected chi connectivity index (χ1v) is 6.30. The van der Waals surface area contributed by atoms with E-state index in [1.165, 1.54) is 0 Å². The molecule has 0 bridgehead atoms. The first-order chi connectivity index (χ1) is 8.75. The Morgan fingerprint density at radius 1 is 0.889 bits per heavy atom. The molecule has 2 aromatic carbocycles. The van der Waals surface area contributed by atoms with Crippen LogP contribution >= 0.6 is 23.2 Å². The molecule has 0 amide bonds. The number of nitrogens with zero attached hydrogens (tertiary/aromatic N) is 1. The van der Waals surface area contributed by atoms with E-state index in [0.29, 0.717) is 10.0 Å². The highest BCUT2D eigenvalue weighted by atomic mass is 35.5. The van der Waals surface area contributed by atoms with Gasteiger partial charge in [-0.2, -0.15) is 0 Å². The van der Waals surface area contributed by atoms with Gasteiger partial charge in [-0.15, -0.1) is 0 Å². The van der Waals surface area contributed by atoms with Crippen molar-refractivity contribution in [2.24, 2.45) is 0 Å². The normalized spacial score (nSPS) is 10.8. The van der Waals surface area contributed by atoms with Gasteiger partial charge >= 0.3 is 0 Å². The lowest BCUT2D eigenvalue weighted by Gasteiger charge is -2.07. The van der Waals surface area contributed by atoms with Crippen molar-refractivity contribution >= 4 is 34.1 Å². The van der Waals surface area contributed by atoms with E-state index in [9.17, 15) is 0 Å². The Hall–Kier alpha value is -1.57. The first kappa shape index (κ1) is 11.5. The number of halogens is 2. The Labute approximate surface area is 115 Å². The zero-order valence-electron chi connectivity index (χ0n) is 9.40. The van der Waals surface area contributed by atoms with Gasteiger partial charge in [0.25, 0.3) is 0 Å². The quantitative estimate of drug-likeness (QED) is 0.593. The molecule has 18 heavy (non-hydrogen) atoms. The van der Waals surface area contributed by atoms with Crippen molar-refractivity contribution in [3.63, 3.8) is 0 Å². The van der Waals surface area contributed by atoms with Crippen LogP contribution in [0.3, 0.4) is 0 Å². The van der Waals surface area contributed by atoms with Crippen LogP contribution in [-0.2, 0) is 0 Å². The van der Waals surface area contributed by atoms with E-state index in [2.05, 4.69) is 4.98 Å². The van der Waals surface area contributed by atoms with Gasteiger partial charge in [-0.05, 0) is 23.8 Å². The maximum absolute atomic E-state index is 6.45.